The van der Waals surface area contributed by atoms with Gasteiger partial charge >= 0.3 is 0 Å². The van der Waals surface area contributed by atoms with Gasteiger partial charge in [0.15, 0.2) is 0 Å². The summed E-state index contributed by atoms with van der Waals surface area (Å²) in [4.78, 5) is 2.41. The second-order valence-corrected chi connectivity index (χ2v) is 4.59. The fourth-order valence-corrected chi connectivity index (χ4v) is 2.42. The maximum Gasteiger partial charge on any atom is 0.0759 e. The Hall–Kier alpha value is -0.340. The number of rotatable bonds is 1. The van der Waals surface area contributed by atoms with E-state index in [-0.39, 0.29) is 0 Å². The first kappa shape index (κ1) is 9.22. The smallest absolute Gasteiger partial charge is 0.0759 e. The first-order chi connectivity index (χ1) is 6.24. The highest BCUT2D eigenvalue weighted by Crippen LogP contribution is 2.41. The van der Waals surface area contributed by atoms with E-state index in [1.807, 2.05) is 6.08 Å². The zero-order chi connectivity index (χ0) is 9.31. The van der Waals surface area contributed by atoms with Gasteiger partial charge in [0.2, 0.25) is 0 Å². The normalized spacial score (nSPS) is 33.8. The lowest BCUT2D eigenvalue weighted by Crippen LogP contribution is -2.38. The van der Waals surface area contributed by atoms with Crippen molar-refractivity contribution in [3.8, 4) is 0 Å². The Labute approximate surface area is 80.6 Å². The molecular formula is C11H19NO. The van der Waals surface area contributed by atoms with Crippen molar-refractivity contribution in [3.05, 3.63) is 12.7 Å². The average Bonchev–Trinajstić information content (AvgIpc) is 2.55. The Morgan fingerprint density at radius 1 is 1.46 bits per heavy atom. The van der Waals surface area contributed by atoms with Gasteiger partial charge in [-0.3, -0.25) is 0 Å². The molecule has 0 saturated carbocycles. The van der Waals surface area contributed by atoms with Crippen LogP contribution in [-0.2, 0) is 4.74 Å². The molecule has 0 amide bonds. The Morgan fingerprint density at radius 2 is 2.15 bits per heavy atom. The molecule has 13 heavy (non-hydrogen) atoms. The van der Waals surface area contributed by atoms with E-state index in [4.69, 9.17) is 4.74 Å². The minimum atomic E-state index is 0.323. The molecule has 0 N–H and O–H groups in total. The van der Waals surface area contributed by atoms with Gasteiger partial charge in [-0.05, 0) is 44.8 Å². The van der Waals surface area contributed by atoms with Crippen LogP contribution in [0.5, 0.6) is 0 Å². The van der Waals surface area contributed by atoms with Crippen molar-refractivity contribution in [2.45, 2.75) is 25.4 Å². The van der Waals surface area contributed by atoms with Crippen LogP contribution in [0.4, 0.5) is 0 Å². The van der Waals surface area contributed by atoms with Gasteiger partial charge in [-0.25, -0.2) is 0 Å². The highest BCUT2D eigenvalue weighted by molar-refractivity contribution is 4.97. The van der Waals surface area contributed by atoms with E-state index in [0.717, 1.165) is 6.61 Å². The Bertz CT molecular complexity index is 194. The molecule has 2 aliphatic rings. The van der Waals surface area contributed by atoms with E-state index in [1.165, 1.54) is 32.4 Å². The van der Waals surface area contributed by atoms with E-state index >= 15 is 0 Å². The molecule has 0 aromatic rings. The third-order valence-electron chi connectivity index (χ3n) is 3.55. The summed E-state index contributed by atoms with van der Waals surface area (Å²) in [6, 6.07) is 0. The van der Waals surface area contributed by atoms with Crippen LogP contribution in [0.1, 0.15) is 19.3 Å². The predicted molar refractivity (Wildman–Crippen MR) is 53.7 cm³/mol. The quantitative estimate of drug-likeness (QED) is 0.571. The molecule has 2 nitrogen and oxygen atoms in total. The van der Waals surface area contributed by atoms with Crippen molar-refractivity contribution in [1.29, 1.82) is 0 Å². The number of nitrogens with zero attached hydrogens (tertiary/aromatic N) is 1. The minimum Gasteiger partial charge on any atom is -0.374 e. The maximum atomic E-state index is 5.69. The van der Waals surface area contributed by atoms with Gasteiger partial charge in [-0.1, -0.05) is 6.08 Å². The average molecular weight is 181 g/mol. The summed E-state index contributed by atoms with van der Waals surface area (Å²) in [5, 5.41) is 0. The van der Waals surface area contributed by atoms with E-state index in [2.05, 4.69) is 18.5 Å². The molecule has 2 heteroatoms. The van der Waals surface area contributed by atoms with Gasteiger partial charge in [0.25, 0.3) is 0 Å². The third-order valence-corrected chi connectivity index (χ3v) is 3.55. The molecule has 1 atom stereocenters. The fraction of sp³-hybridized carbons (Fsp3) is 0.818. The summed E-state index contributed by atoms with van der Waals surface area (Å²) in [7, 11) is 2.20. The molecule has 74 valence electrons. The second kappa shape index (κ2) is 3.43. The van der Waals surface area contributed by atoms with Gasteiger partial charge < -0.3 is 9.64 Å². The van der Waals surface area contributed by atoms with Crippen LogP contribution in [0.15, 0.2) is 12.7 Å². The summed E-state index contributed by atoms with van der Waals surface area (Å²) in [6.45, 7) is 7.21. The van der Waals surface area contributed by atoms with E-state index < -0.39 is 0 Å². The second-order valence-electron chi connectivity index (χ2n) is 4.59. The van der Waals surface area contributed by atoms with Crippen molar-refractivity contribution in [2.75, 3.05) is 26.7 Å². The van der Waals surface area contributed by atoms with Crippen molar-refractivity contribution < 1.29 is 4.74 Å². The lowest BCUT2D eigenvalue weighted by molar-refractivity contribution is 0.0823. The molecule has 1 spiro atoms. The van der Waals surface area contributed by atoms with Crippen molar-refractivity contribution >= 4 is 0 Å². The van der Waals surface area contributed by atoms with Crippen LogP contribution >= 0.6 is 0 Å². The first-order valence-electron chi connectivity index (χ1n) is 5.17. The highest BCUT2D eigenvalue weighted by Gasteiger charge is 2.40. The minimum absolute atomic E-state index is 0.323. The molecule has 0 bridgehead atoms. The van der Waals surface area contributed by atoms with Gasteiger partial charge in [-0.2, -0.15) is 0 Å². The summed E-state index contributed by atoms with van der Waals surface area (Å²) < 4.78 is 5.69. The number of ether oxygens (including phenoxy) is 1. The van der Waals surface area contributed by atoms with Crippen LogP contribution < -0.4 is 0 Å². The number of piperidine rings is 1. The molecule has 0 aromatic heterocycles. The molecule has 2 saturated heterocycles. The largest absolute Gasteiger partial charge is 0.374 e. The maximum absolute atomic E-state index is 5.69. The Kier molecular flexibility index (Phi) is 2.43. The van der Waals surface area contributed by atoms with Crippen molar-refractivity contribution in [1.82, 2.24) is 4.90 Å². The molecule has 1 unspecified atom stereocenters. The molecule has 0 radical (unpaired) electrons. The van der Waals surface area contributed by atoms with Gasteiger partial charge in [-0.15, -0.1) is 6.58 Å². The monoisotopic (exact) mass is 181 g/mol. The van der Waals surface area contributed by atoms with Crippen LogP contribution in [0, 0.1) is 5.41 Å². The fourth-order valence-electron chi connectivity index (χ4n) is 2.42. The SMILES string of the molecule is C=CC1CC2(CCN(C)CC2)CO1. The first-order valence-corrected chi connectivity index (χ1v) is 5.17. The molecule has 0 aliphatic carbocycles. The number of hydrogen-bond donors (Lipinski definition) is 0. The highest BCUT2D eigenvalue weighted by atomic mass is 16.5. The zero-order valence-corrected chi connectivity index (χ0v) is 8.46. The summed E-state index contributed by atoms with van der Waals surface area (Å²) in [5.74, 6) is 0. The molecule has 2 aliphatic heterocycles. The molecule has 0 aromatic carbocycles. The Balaban J connectivity index is 1.95. The molecular weight excluding hydrogens is 162 g/mol. The Morgan fingerprint density at radius 3 is 2.69 bits per heavy atom. The van der Waals surface area contributed by atoms with Crippen molar-refractivity contribution in [2.24, 2.45) is 5.41 Å². The lowest BCUT2D eigenvalue weighted by atomic mass is 9.77. The molecule has 2 rings (SSSR count). The number of likely N-dealkylation sites (tertiary alicyclic amines) is 1. The van der Waals surface area contributed by atoms with Crippen LogP contribution in [0.25, 0.3) is 0 Å². The van der Waals surface area contributed by atoms with E-state index in [0.29, 0.717) is 11.5 Å². The van der Waals surface area contributed by atoms with Gasteiger partial charge in [0.05, 0.1) is 12.7 Å². The number of hydrogen-bond acceptors (Lipinski definition) is 2. The summed E-state index contributed by atoms with van der Waals surface area (Å²) in [5.41, 5.74) is 0.491. The van der Waals surface area contributed by atoms with Crippen LogP contribution in [0.3, 0.4) is 0 Å². The van der Waals surface area contributed by atoms with Crippen molar-refractivity contribution in [3.63, 3.8) is 0 Å². The van der Waals surface area contributed by atoms with Crippen LogP contribution in [0.2, 0.25) is 0 Å². The predicted octanol–water partition coefficient (Wildman–Crippen LogP) is 1.67. The topological polar surface area (TPSA) is 12.5 Å². The van der Waals surface area contributed by atoms with E-state index in [1.54, 1.807) is 0 Å². The van der Waals surface area contributed by atoms with Gasteiger partial charge in [0, 0.05) is 0 Å². The summed E-state index contributed by atoms with van der Waals surface area (Å²) in [6.07, 6.45) is 6.07. The zero-order valence-electron chi connectivity index (χ0n) is 8.46. The van der Waals surface area contributed by atoms with E-state index in [9.17, 15) is 0 Å². The lowest BCUT2D eigenvalue weighted by Gasteiger charge is -2.36. The summed E-state index contributed by atoms with van der Waals surface area (Å²) >= 11 is 0. The molecule has 2 heterocycles. The third kappa shape index (κ3) is 1.79. The standard InChI is InChI=1S/C11H19NO/c1-3-10-8-11(9-13-10)4-6-12(2)7-5-11/h3,10H,1,4-9H2,2H3. The van der Waals surface area contributed by atoms with Gasteiger partial charge in [0.1, 0.15) is 0 Å². The molecule has 2 fully saturated rings. The van der Waals surface area contributed by atoms with Crippen LogP contribution in [-0.4, -0.2) is 37.7 Å².